The summed E-state index contributed by atoms with van der Waals surface area (Å²) in [6.07, 6.45) is 5.07. The zero-order chi connectivity index (χ0) is 21.1. The van der Waals surface area contributed by atoms with E-state index in [0.29, 0.717) is 11.4 Å². The van der Waals surface area contributed by atoms with Crippen molar-refractivity contribution in [2.24, 2.45) is 5.73 Å². The van der Waals surface area contributed by atoms with Crippen LogP contribution in [0, 0.1) is 0 Å². The number of carboxylic acid groups (broad SMARTS) is 1. The number of hydrogen-bond donors (Lipinski definition) is 6. The smallest absolute Gasteiger partial charge is 0.326 e. The lowest BCUT2D eigenvalue weighted by Gasteiger charge is -2.21. The first-order valence-electron chi connectivity index (χ1n) is 8.56. The summed E-state index contributed by atoms with van der Waals surface area (Å²) in [5.41, 5.74) is 5.99. The molecule has 7 N–H and O–H groups in total. The van der Waals surface area contributed by atoms with Gasteiger partial charge < -0.3 is 31.8 Å². The number of amides is 3. The molecule has 3 amide bonds. The highest BCUT2D eigenvalue weighted by molar-refractivity contribution is 7.98. The van der Waals surface area contributed by atoms with Crippen molar-refractivity contribution < 1.29 is 24.3 Å². The Morgan fingerprint density at radius 1 is 1.25 bits per heavy atom. The fraction of sp³-hybridized carbons (Fsp3) is 0.562. The number of imidazole rings is 1. The van der Waals surface area contributed by atoms with Crippen molar-refractivity contribution in [3.63, 3.8) is 0 Å². The molecule has 0 aliphatic heterocycles. The van der Waals surface area contributed by atoms with Crippen LogP contribution in [0.15, 0.2) is 12.5 Å². The Morgan fingerprint density at radius 2 is 1.96 bits per heavy atom. The Bertz CT molecular complexity index is 666. The van der Waals surface area contributed by atoms with Crippen LogP contribution in [0.3, 0.4) is 0 Å². The quantitative estimate of drug-likeness (QED) is 0.232. The topological polar surface area (TPSA) is 179 Å². The van der Waals surface area contributed by atoms with Gasteiger partial charge in [0.15, 0.2) is 0 Å². The summed E-state index contributed by atoms with van der Waals surface area (Å²) < 4.78 is 0. The van der Waals surface area contributed by atoms with Crippen LogP contribution in [0.1, 0.15) is 19.0 Å². The van der Waals surface area contributed by atoms with Crippen LogP contribution in [0.25, 0.3) is 0 Å². The van der Waals surface area contributed by atoms with Crippen LogP contribution < -0.4 is 21.7 Å². The van der Waals surface area contributed by atoms with Gasteiger partial charge in [0, 0.05) is 18.3 Å². The molecule has 156 valence electrons. The van der Waals surface area contributed by atoms with E-state index < -0.39 is 41.8 Å². The number of nitrogens with two attached hydrogens (primary N) is 1. The highest BCUT2D eigenvalue weighted by Gasteiger charge is 2.27. The molecular formula is C16H26N6O5S. The number of carboxylic acids is 1. The zero-order valence-electron chi connectivity index (χ0n) is 15.7. The molecule has 0 aromatic carbocycles. The van der Waals surface area contributed by atoms with Gasteiger partial charge in [-0.05, 0) is 25.4 Å². The third-order valence-corrected chi connectivity index (χ3v) is 4.34. The number of aromatic amines is 1. The minimum absolute atomic E-state index is 0.0771. The normalized spacial score (nSPS) is 13.8. The number of carbonyl (C=O) groups is 4. The molecule has 0 radical (unpaired) electrons. The Kier molecular flexibility index (Phi) is 10.0. The summed E-state index contributed by atoms with van der Waals surface area (Å²) in [5, 5.41) is 16.6. The summed E-state index contributed by atoms with van der Waals surface area (Å²) in [5.74, 6) is -2.36. The zero-order valence-corrected chi connectivity index (χ0v) is 16.5. The van der Waals surface area contributed by atoms with Gasteiger partial charge >= 0.3 is 5.97 Å². The predicted octanol–water partition coefficient (Wildman–Crippen LogP) is -1.78. The van der Waals surface area contributed by atoms with Crippen molar-refractivity contribution >= 4 is 35.5 Å². The van der Waals surface area contributed by atoms with Gasteiger partial charge in [0.1, 0.15) is 12.1 Å². The van der Waals surface area contributed by atoms with Crippen molar-refractivity contribution in [3.05, 3.63) is 18.2 Å². The fourth-order valence-corrected chi connectivity index (χ4v) is 2.64. The number of thioether (sulfide) groups is 1. The molecule has 0 spiro atoms. The second kappa shape index (κ2) is 12.0. The van der Waals surface area contributed by atoms with Crippen LogP contribution >= 0.6 is 11.8 Å². The summed E-state index contributed by atoms with van der Waals surface area (Å²) in [7, 11) is 0. The van der Waals surface area contributed by atoms with Crippen LogP contribution in [-0.2, 0) is 25.6 Å². The van der Waals surface area contributed by atoms with Crippen LogP contribution in [0.4, 0.5) is 0 Å². The SMILES string of the molecule is CSCCC(NC(=O)C(Cc1cnc[nH]1)NC(=O)CNC(=O)C(C)N)C(=O)O. The number of rotatable bonds is 12. The summed E-state index contributed by atoms with van der Waals surface area (Å²) >= 11 is 1.46. The molecule has 12 heteroatoms. The highest BCUT2D eigenvalue weighted by atomic mass is 32.2. The van der Waals surface area contributed by atoms with E-state index in [2.05, 4.69) is 25.9 Å². The Morgan fingerprint density at radius 3 is 2.50 bits per heavy atom. The molecule has 0 fully saturated rings. The van der Waals surface area contributed by atoms with Crippen molar-refractivity contribution in [2.75, 3.05) is 18.6 Å². The van der Waals surface area contributed by atoms with Gasteiger partial charge in [-0.25, -0.2) is 9.78 Å². The number of carbonyl (C=O) groups excluding carboxylic acids is 3. The average Bonchev–Trinajstić information content (AvgIpc) is 3.15. The number of aliphatic carboxylic acids is 1. The first-order chi connectivity index (χ1) is 13.2. The lowest BCUT2D eigenvalue weighted by atomic mass is 10.1. The van der Waals surface area contributed by atoms with Gasteiger partial charge in [0.2, 0.25) is 17.7 Å². The van der Waals surface area contributed by atoms with E-state index in [4.69, 9.17) is 5.73 Å². The van der Waals surface area contributed by atoms with E-state index in [0.717, 1.165) is 0 Å². The predicted molar refractivity (Wildman–Crippen MR) is 103 cm³/mol. The number of aromatic nitrogens is 2. The Balaban J connectivity index is 2.77. The number of hydrogen-bond acceptors (Lipinski definition) is 7. The minimum atomic E-state index is -1.15. The first kappa shape index (κ1) is 23.4. The fourth-order valence-electron chi connectivity index (χ4n) is 2.16. The average molecular weight is 414 g/mol. The molecule has 3 unspecified atom stereocenters. The van der Waals surface area contributed by atoms with Gasteiger partial charge in [0.25, 0.3) is 0 Å². The van der Waals surface area contributed by atoms with E-state index in [1.54, 1.807) is 0 Å². The molecule has 0 saturated heterocycles. The molecule has 0 aliphatic carbocycles. The summed E-state index contributed by atoms with van der Waals surface area (Å²) in [6, 6.07) is -2.89. The summed E-state index contributed by atoms with van der Waals surface area (Å²) in [4.78, 5) is 54.2. The van der Waals surface area contributed by atoms with E-state index in [1.807, 2.05) is 6.26 Å². The third kappa shape index (κ3) is 8.39. The van der Waals surface area contributed by atoms with E-state index in [1.165, 1.54) is 31.2 Å². The van der Waals surface area contributed by atoms with Gasteiger partial charge in [-0.2, -0.15) is 11.8 Å². The molecule has 1 rings (SSSR count). The molecule has 0 saturated carbocycles. The standard InChI is InChI=1S/C16H26N6O5S/c1-9(17)14(24)19-7-13(23)21-12(5-10-6-18-8-20-10)15(25)22-11(16(26)27)3-4-28-2/h6,8-9,11-12H,3-5,7,17H2,1-2H3,(H,18,20)(H,19,24)(H,21,23)(H,22,25)(H,26,27). The van der Waals surface area contributed by atoms with Crippen molar-refractivity contribution in [1.82, 2.24) is 25.9 Å². The highest BCUT2D eigenvalue weighted by Crippen LogP contribution is 2.04. The lowest BCUT2D eigenvalue weighted by Crippen LogP contribution is -2.54. The molecule has 11 nitrogen and oxygen atoms in total. The molecule has 1 aromatic heterocycles. The molecule has 28 heavy (non-hydrogen) atoms. The van der Waals surface area contributed by atoms with Gasteiger partial charge in [0.05, 0.1) is 18.9 Å². The molecule has 3 atom stereocenters. The lowest BCUT2D eigenvalue weighted by molar-refractivity contribution is -0.142. The van der Waals surface area contributed by atoms with Gasteiger partial charge in [-0.3, -0.25) is 14.4 Å². The van der Waals surface area contributed by atoms with Gasteiger partial charge in [-0.1, -0.05) is 0 Å². The molecule has 1 aromatic rings. The van der Waals surface area contributed by atoms with Crippen LogP contribution in [0.5, 0.6) is 0 Å². The molecule has 0 bridgehead atoms. The van der Waals surface area contributed by atoms with Gasteiger partial charge in [-0.15, -0.1) is 0 Å². The number of nitrogens with zero attached hydrogens (tertiary/aromatic N) is 1. The number of H-pyrrole nitrogens is 1. The van der Waals surface area contributed by atoms with E-state index in [9.17, 15) is 24.3 Å². The molecule has 0 aliphatic rings. The Hall–Kier alpha value is -2.60. The maximum Gasteiger partial charge on any atom is 0.326 e. The third-order valence-electron chi connectivity index (χ3n) is 3.69. The largest absolute Gasteiger partial charge is 0.480 e. The van der Waals surface area contributed by atoms with E-state index in [-0.39, 0.29) is 19.4 Å². The monoisotopic (exact) mass is 414 g/mol. The van der Waals surface area contributed by atoms with Crippen molar-refractivity contribution in [1.29, 1.82) is 0 Å². The maximum absolute atomic E-state index is 12.6. The minimum Gasteiger partial charge on any atom is -0.480 e. The Labute approximate surface area is 166 Å². The van der Waals surface area contributed by atoms with E-state index >= 15 is 0 Å². The first-order valence-corrected chi connectivity index (χ1v) is 9.96. The summed E-state index contributed by atoms with van der Waals surface area (Å²) in [6.45, 7) is 1.12. The van der Waals surface area contributed by atoms with Crippen LogP contribution in [0.2, 0.25) is 0 Å². The molecular weight excluding hydrogens is 388 g/mol. The van der Waals surface area contributed by atoms with Crippen LogP contribution in [-0.4, -0.2) is 75.4 Å². The van der Waals surface area contributed by atoms with Crippen molar-refractivity contribution in [2.45, 2.75) is 37.9 Å². The van der Waals surface area contributed by atoms with Crippen molar-refractivity contribution in [3.8, 4) is 0 Å². The second-order valence-corrected chi connectivity index (χ2v) is 7.07. The maximum atomic E-state index is 12.6. The number of nitrogens with one attached hydrogen (secondary N) is 4. The molecule has 1 heterocycles. The second-order valence-electron chi connectivity index (χ2n) is 6.09.